The third-order valence-corrected chi connectivity index (χ3v) is 2.41. The molecule has 0 unspecified atom stereocenters. The molecule has 2 nitrogen and oxygen atoms in total. The normalized spacial score (nSPS) is 16.2. The maximum atomic E-state index is 11.7. The number of hydrogen-bond acceptors (Lipinski definition) is 2. The van der Waals surface area contributed by atoms with Crippen LogP contribution in [0.5, 0.6) is 0 Å². The number of carbonyl (C=O) groups excluding carboxylic acids is 1. The molecule has 2 rings (SSSR count). The summed E-state index contributed by atoms with van der Waals surface area (Å²) < 4.78 is 0. The fourth-order valence-corrected chi connectivity index (χ4v) is 1.48. The Bertz CT molecular complexity index is 459. The largest absolute Gasteiger partial charge is 0.294 e. The van der Waals surface area contributed by atoms with Crippen LogP contribution in [0.3, 0.4) is 0 Å². The average molecular weight is 220 g/mol. The van der Waals surface area contributed by atoms with Crippen LogP contribution in [-0.4, -0.2) is 5.78 Å². The number of carbonyl (C=O) groups is 1. The minimum absolute atomic E-state index is 0.0145. The van der Waals surface area contributed by atoms with Crippen molar-refractivity contribution in [3.8, 4) is 6.07 Å². The predicted octanol–water partition coefficient (Wildman–Crippen LogP) is 2.55. The van der Waals surface area contributed by atoms with Crippen LogP contribution >= 0.6 is 0 Å². The Kier molecular flexibility index (Phi) is 3.72. The second-order valence-electron chi connectivity index (χ2n) is 3.60. The van der Waals surface area contributed by atoms with Crippen molar-refractivity contribution in [2.75, 3.05) is 0 Å². The van der Waals surface area contributed by atoms with Crippen LogP contribution in [-0.2, 0) is 4.79 Å². The molecule has 0 amide bonds. The van der Waals surface area contributed by atoms with Crippen molar-refractivity contribution in [3.05, 3.63) is 73.1 Å². The Morgan fingerprint density at radius 1 is 1.12 bits per heavy atom. The third kappa shape index (κ3) is 3.04. The summed E-state index contributed by atoms with van der Waals surface area (Å²) in [5.74, 6) is 0.675. The third-order valence-electron chi connectivity index (χ3n) is 2.41. The maximum Gasteiger partial charge on any atom is 0.163 e. The maximum absolute atomic E-state index is 11.7. The number of ketones is 1. The van der Waals surface area contributed by atoms with Gasteiger partial charge in [-0.2, -0.15) is 5.26 Å². The van der Waals surface area contributed by atoms with Crippen molar-refractivity contribution < 1.29 is 4.79 Å². The second kappa shape index (κ2) is 5.45. The standard InChI is InChI=1S/C15H10NO/c16-11-13-7-5-12(6-8-13)9-10-15(17)14-3-1-2-4-14/h1-10H/b10-9+. The number of nitrogens with zero attached hydrogens (tertiary/aromatic N) is 1. The molecule has 1 aliphatic carbocycles. The highest BCUT2D eigenvalue weighted by atomic mass is 16.1. The van der Waals surface area contributed by atoms with Crippen LogP contribution in [0.15, 0.2) is 30.3 Å². The van der Waals surface area contributed by atoms with Crippen molar-refractivity contribution in [2.24, 2.45) is 0 Å². The zero-order valence-corrected chi connectivity index (χ0v) is 9.13. The summed E-state index contributed by atoms with van der Waals surface area (Å²) in [5.41, 5.74) is 1.52. The fraction of sp³-hybridized carbons (Fsp3) is 0. The number of nitriles is 1. The minimum Gasteiger partial charge on any atom is -0.294 e. The summed E-state index contributed by atoms with van der Waals surface area (Å²) in [6.07, 6.45) is 10.5. The summed E-state index contributed by atoms with van der Waals surface area (Å²) in [5, 5.41) is 8.65. The Balaban J connectivity index is 1.99. The van der Waals surface area contributed by atoms with Gasteiger partial charge in [0.25, 0.3) is 0 Å². The lowest BCUT2D eigenvalue weighted by atomic mass is 10.0. The predicted molar refractivity (Wildman–Crippen MR) is 65.6 cm³/mol. The van der Waals surface area contributed by atoms with Gasteiger partial charge in [0.2, 0.25) is 0 Å². The van der Waals surface area contributed by atoms with Gasteiger partial charge in [0.05, 0.1) is 17.6 Å². The summed E-state index contributed by atoms with van der Waals surface area (Å²) in [6.45, 7) is 0. The Morgan fingerprint density at radius 2 is 1.76 bits per heavy atom. The van der Waals surface area contributed by atoms with E-state index in [0.29, 0.717) is 11.5 Å². The molecule has 2 heteroatoms. The van der Waals surface area contributed by atoms with E-state index >= 15 is 0 Å². The van der Waals surface area contributed by atoms with Crippen molar-refractivity contribution in [1.29, 1.82) is 5.26 Å². The van der Waals surface area contributed by atoms with E-state index in [2.05, 4.69) is 6.07 Å². The molecule has 0 saturated heterocycles. The Morgan fingerprint density at radius 3 is 2.35 bits per heavy atom. The smallest absolute Gasteiger partial charge is 0.163 e. The molecule has 0 heterocycles. The molecule has 5 radical (unpaired) electrons. The van der Waals surface area contributed by atoms with Gasteiger partial charge in [0.15, 0.2) is 5.78 Å². The molecule has 0 spiro atoms. The molecule has 1 aliphatic rings. The van der Waals surface area contributed by atoms with Crippen molar-refractivity contribution in [2.45, 2.75) is 0 Å². The highest BCUT2D eigenvalue weighted by molar-refractivity contribution is 6.07. The van der Waals surface area contributed by atoms with Crippen LogP contribution < -0.4 is 0 Å². The lowest BCUT2D eigenvalue weighted by Crippen LogP contribution is -2.05. The van der Waals surface area contributed by atoms with Crippen LogP contribution in [0, 0.1) is 42.9 Å². The Labute approximate surface area is 102 Å². The molecule has 1 fully saturated rings. The van der Waals surface area contributed by atoms with E-state index in [0.717, 1.165) is 5.56 Å². The van der Waals surface area contributed by atoms with Gasteiger partial charge in [-0.05, 0) is 49.5 Å². The summed E-state index contributed by atoms with van der Waals surface area (Å²) >= 11 is 0. The molecular weight excluding hydrogens is 210 g/mol. The molecular formula is C15H10NO. The van der Waals surface area contributed by atoms with E-state index in [4.69, 9.17) is 5.26 Å². The molecule has 0 aromatic heterocycles. The minimum atomic E-state index is -0.0145. The van der Waals surface area contributed by atoms with Crippen LogP contribution in [0.25, 0.3) is 6.08 Å². The lowest BCUT2D eigenvalue weighted by molar-refractivity contribution is -0.112. The van der Waals surface area contributed by atoms with Gasteiger partial charge in [-0.1, -0.05) is 18.2 Å². The molecule has 1 aromatic carbocycles. The quantitative estimate of drug-likeness (QED) is 0.734. The molecule has 0 N–H and O–H groups in total. The van der Waals surface area contributed by atoms with E-state index in [1.807, 2.05) is 25.0 Å². The van der Waals surface area contributed by atoms with Crippen molar-refractivity contribution in [3.63, 3.8) is 0 Å². The van der Waals surface area contributed by atoms with Crippen LogP contribution in [0.1, 0.15) is 11.1 Å². The monoisotopic (exact) mass is 220 g/mol. The van der Waals surface area contributed by atoms with Gasteiger partial charge in [-0.25, -0.2) is 0 Å². The summed E-state index contributed by atoms with van der Waals surface area (Å²) in [6, 6.07) is 9.13. The molecule has 17 heavy (non-hydrogen) atoms. The van der Waals surface area contributed by atoms with Crippen LogP contribution in [0.4, 0.5) is 0 Å². The zero-order valence-electron chi connectivity index (χ0n) is 9.13. The summed E-state index contributed by atoms with van der Waals surface area (Å²) in [4.78, 5) is 11.7. The topological polar surface area (TPSA) is 40.9 Å². The number of hydrogen-bond donors (Lipinski definition) is 0. The van der Waals surface area contributed by atoms with Crippen molar-refractivity contribution in [1.82, 2.24) is 0 Å². The first kappa shape index (κ1) is 11.6. The van der Waals surface area contributed by atoms with E-state index in [9.17, 15) is 4.79 Å². The van der Waals surface area contributed by atoms with Gasteiger partial charge in [0, 0.05) is 0 Å². The molecule has 1 aromatic rings. The Hall–Kier alpha value is -1.88. The first-order valence-corrected chi connectivity index (χ1v) is 5.24. The van der Waals surface area contributed by atoms with Crippen LogP contribution in [0.2, 0.25) is 0 Å². The molecule has 1 saturated carbocycles. The zero-order chi connectivity index (χ0) is 12.1. The SMILES string of the molecule is N#Cc1ccc(/C=C/C(=O)[C]2[CH][CH][CH][CH]2)cc1. The first-order chi connectivity index (χ1) is 8.29. The number of rotatable bonds is 3. The van der Waals surface area contributed by atoms with E-state index in [1.165, 1.54) is 6.08 Å². The van der Waals surface area contributed by atoms with Gasteiger partial charge < -0.3 is 0 Å². The second-order valence-corrected chi connectivity index (χ2v) is 3.60. The van der Waals surface area contributed by atoms with Gasteiger partial charge in [-0.15, -0.1) is 0 Å². The van der Waals surface area contributed by atoms with E-state index in [1.54, 1.807) is 31.1 Å². The molecule has 0 atom stereocenters. The van der Waals surface area contributed by atoms with Crippen molar-refractivity contribution >= 4 is 11.9 Å². The van der Waals surface area contributed by atoms with Gasteiger partial charge in [-0.3, -0.25) is 4.79 Å². The lowest BCUT2D eigenvalue weighted by Gasteiger charge is -2.00. The molecule has 0 bridgehead atoms. The van der Waals surface area contributed by atoms with Gasteiger partial charge in [0.1, 0.15) is 0 Å². The number of benzene rings is 1. The highest BCUT2D eigenvalue weighted by Crippen LogP contribution is 2.24. The average Bonchev–Trinajstić information content (AvgIpc) is 2.90. The molecule has 81 valence electrons. The van der Waals surface area contributed by atoms with E-state index in [-0.39, 0.29) is 5.78 Å². The van der Waals surface area contributed by atoms with E-state index < -0.39 is 0 Å². The van der Waals surface area contributed by atoms with Gasteiger partial charge >= 0.3 is 0 Å². The molecule has 0 aliphatic heterocycles. The highest BCUT2D eigenvalue weighted by Gasteiger charge is 2.22. The number of allylic oxidation sites excluding steroid dienone is 1. The fourth-order valence-electron chi connectivity index (χ4n) is 1.48. The summed E-state index contributed by atoms with van der Waals surface area (Å²) in [7, 11) is 0. The first-order valence-electron chi connectivity index (χ1n) is 5.24.